The van der Waals surface area contributed by atoms with Crippen molar-refractivity contribution in [3.05, 3.63) is 36.5 Å². The van der Waals surface area contributed by atoms with Crippen molar-refractivity contribution in [1.82, 2.24) is 4.98 Å². The molecule has 1 aromatic heterocycles. The molecule has 78 valence electrons. The molecule has 0 aliphatic heterocycles. The molecule has 2 rings (SSSR count). The van der Waals surface area contributed by atoms with Crippen LogP contribution in [0.15, 0.2) is 25.3 Å². The van der Waals surface area contributed by atoms with E-state index in [1.165, 1.54) is 19.3 Å². The Kier molecular flexibility index (Phi) is 2.86. The number of anilines is 1. The highest BCUT2D eigenvalue weighted by Crippen LogP contribution is 2.23. The molecule has 2 heteroatoms. The predicted octanol–water partition coefficient (Wildman–Crippen LogP) is 3.33. The Balaban J connectivity index is 2.17. The van der Waals surface area contributed by atoms with Gasteiger partial charge in [0, 0.05) is 6.04 Å². The van der Waals surface area contributed by atoms with Crippen molar-refractivity contribution < 1.29 is 0 Å². The van der Waals surface area contributed by atoms with Gasteiger partial charge in [-0.2, -0.15) is 0 Å². The molecule has 0 spiro atoms. The fourth-order valence-corrected chi connectivity index (χ4v) is 1.66. The highest BCUT2D eigenvalue weighted by molar-refractivity contribution is 5.62. The van der Waals surface area contributed by atoms with E-state index in [4.69, 9.17) is 0 Å². The summed E-state index contributed by atoms with van der Waals surface area (Å²) < 4.78 is 0. The van der Waals surface area contributed by atoms with Gasteiger partial charge in [0.1, 0.15) is 5.82 Å². The Morgan fingerprint density at radius 3 is 2.60 bits per heavy atom. The van der Waals surface area contributed by atoms with Gasteiger partial charge in [-0.05, 0) is 43.0 Å². The van der Waals surface area contributed by atoms with Gasteiger partial charge in [-0.1, -0.05) is 19.2 Å². The molecule has 0 unspecified atom stereocenters. The van der Waals surface area contributed by atoms with E-state index in [2.05, 4.69) is 23.5 Å². The Labute approximate surface area is 90.7 Å². The minimum absolute atomic E-state index is 0.616. The Bertz CT molecular complexity index is 378. The Hall–Kier alpha value is -1.57. The van der Waals surface area contributed by atoms with E-state index in [0.717, 1.165) is 17.1 Å². The second kappa shape index (κ2) is 4.30. The molecule has 1 N–H and O–H groups in total. The summed E-state index contributed by atoms with van der Waals surface area (Å²) in [6.45, 7) is 7.51. The highest BCUT2D eigenvalue weighted by Gasteiger charge is 2.17. The molecule has 1 aromatic rings. The predicted molar refractivity (Wildman–Crippen MR) is 65.7 cm³/mol. The van der Waals surface area contributed by atoms with E-state index in [9.17, 15) is 0 Å². The maximum atomic E-state index is 4.48. The summed E-state index contributed by atoms with van der Waals surface area (Å²) in [6, 6.07) is 4.64. The first-order chi connectivity index (χ1) is 7.33. The molecule has 2 nitrogen and oxygen atoms in total. The maximum absolute atomic E-state index is 4.48. The van der Waals surface area contributed by atoms with Gasteiger partial charge in [0.2, 0.25) is 0 Å². The number of nitrogens with one attached hydrogen (secondary N) is 1. The van der Waals surface area contributed by atoms with E-state index in [0.29, 0.717) is 6.04 Å². The van der Waals surface area contributed by atoms with Crippen molar-refractivity contribution in [1.29, 1.82) is 0 Å². The second-order valence-electron chi connectivity index (χ2n) is 3.85. The molecular formula is C13H16N2. The zero-order valence-corrected chi connectivity index (χ0v) is 8.87. The Morgan fingerprint density at radius 2 is 2.07 bits per heavy atom. The van der Waals surface area contributed by atoms with Gasteiger partial charge in [-0.25, -0.2) is 4.98 Å². The molecule has 15 heavy (non-hydrogen) atoms. The number of hydrogen-bond donors (Lipinski definition) is 1. The molecular weight excluding hydrogens is 184 g/mol. The number of nitrogens with zero attached hydrogens (tertiary/aromatic N) is 1. The molecule has 1 aliphatic carbocycles. The third-order valence-electron chi connectivity index (χ3n) is 2.83. The topological polar surface area (TPSA) is 24.9 Å². The van der Waals surface area contributed by atoms with Crippen LogP contribution in [0.1, 0.15) is 30.5 Å². The average Bonchev–Trinajstić information content (AvgIpc) is 2.23. The lowest BCUT2D eigenvalue weighted by atomic mass is 9.93. The zero-order chi connectivity index (χ0) is 10.7. The van der Waals surface area contributed by atoms with Crippen LogP contribution >= 0.6 is 0 Å². The van der Waals surface area contributed by atoms with Crippen LogP contribution in [0.2, 0.25) is 0 Å². The lowest BCUT2D eigenvalue weighted by Crippen LogP contribution is -2.27. The molecule has 0 aromatic carbocycles. The molecule has 0 atom stereocenters. The van der Waals surface area contributed by atoms with Crippen LogP contribution in [0.25, 0.3) is 12.2 Å². The van der Waals surface area contributed by atoms with Crippen LogP contribution < -0.4 is 5.32 Å². The van der Waals surface area contributed by atoms with Crippen LogP contribution in [0.3, 0.4) is 0 Å². The van der Waals surface area contributed by atoms with E-state index < -0.39 is 0 Å². The summed E-state index contributed by atoms with van der Waals surface area (Å²) >= 11 is 0. The zero-order valence-electron chi connectivity index (χ0n) is 8.87. The third-order valence-corrected chi connectivity index (χ3v) is 2.83. The van der Waals surface area contributed by atoms with Crippen LogP contribution in [-0.4, -0.2) is 11.0 Å². The molecule has 1 fully saturated rings. The third kappa shape index (κ3) is 2.09. The normalized spacial score (nSPS) is 15.5. The smallest absolute Gasteiger partial charge is 0.126 e. The molecule has 0 radical (unpaired) electrons. The van der Waals surface area contributed by atoms with E-state index in [1.807, 2.05) is 12.1 Å². The maximum Gasteiger partial charge on any atom is 0.126 e. The molecule has 1 heterocycles. The SMILES string of the molecule is C=Cc1ccc(NC2CCC2)nc1C=C. The summed E-state index contributed by atoms with van der Waals surface area (Å²) in [5.41, 5.74) is 1.93. The van der Waals surface area contributed by atoms with Gasteiger partial charge in [-0.3, -0.25) is 0 Å². The molecule has 0 amide bonds. The number of pyridine rings is 1. The van der Waals surface area contributed by atoms with Crippen molar-refractivity contribution in [3.63, 3.8) is 0 Å². The summed E-state index contributed by atoms with van der Waals surface area (Å²) in [5, 5.41) is 3.41. The van der Waals surface area contributed by atoms with Gasteiger partial charge >= 0.3 is 0 Å². The quantitative estimate of drug-likeness (QED) is 0.806. The fraction of sp³-hybridized carbons (Fsp3) is 0.308. The molecule has 1 aliphatic rings. The van der Waals surface area contributed by atoms with Crippen molar-refractivity contribution in [2.75, 3.05) is 5.32 Å². The number of aromatic nitrogens is 1. The molecule has 1 saturated carbocycles. The van der Waals surface area contributed by atoms with Crippen LogP contribution in [-0.2, 0) is 0 Å². The van der Waals surface area contributed by atoms with Crippen molar-refractivity contribution in [3.8, 4) is 0 Å². The average molecular weight is 200 g/mol. The molecule has 0 saturated heterocycles. The van der Waals surface area contributed by atoms with Gasteiger partial charge in [0.25, 0.3) is 0 Å². The van der Waals surface area contributed by atoms with Crippen molar-refractivity contribution in [2.24, 2.45) is 0 Å². The lowest BCUT2D eigenvalue weighted by Gasteiger charge is -2.27. The first kappa shape index (κ1) is 9.97. The Morgan fingerprint density at radius 1 is 1.27 bits per heavy atom. The first-order valence-electron chi connectivity index (χ1n) is 5.36. The summed E-state index contributed by atoms with van der Waals surface area (Å²) in [4.78, 5) is 4.48. The van der Waals surface area contributed by atoms with Crippen molar-refractivity contribution in [2.45, 2.75) is 25.3 Å². The van der Waals surface area contributed by atoms with Gasteiger partial charge < -0.3 is 5.32 Å². The van der Waals surface area contributed by atoms with Crippen molar-refractivity contribution >= 4 is 18.0 Å². The van der Waals surface area contributed by atoms with Gasteiger partial charge in [0.05, 0.1) is 5.69 Å². The van der Waals surface area contributed by atoms with Crippen LogP contribution in [0.5, 0.6) is 0 Å². The van der Waals surface area contributed by atoms with E-state index in [1.54, 1.807) is 12.2 Å². The largest absolute Gasteiger partial charge is 0.367 e. The summed E-state index contributed by atoms with van der Waals surface area (Å²) in [6.07, 6.45) is 7.42. The second-order valence-corrected chi connectivity index (χ2v) is 3.85. The van der Waals surface area contributed by atoms with Crippen LogP contribution in [0.4, 0.5) is 5.82 Å². The number of hydrogen-bond acceptors (Lipinski definition) is 2. The summed E-state index contributed by atoms with van der Waals surface area (Å²) in [5.74, 6) is 0.945. The standard InChI is InChI=1S/C13H16N2/c1-3-10-8-9-13(15-12(10)4-2)14-11-6-5-7-11/h3-4,8-9,11H,1-2,5-7H2,(H,14,15). The first-order valence-corrected chi connectivity index (χ1v) is 5.36. The fourth-order valence-electron chi connectivity index (χ4n) is 1.66. The number of rotatable bonds is 4. The van der Waals surface area contributed by atoms with E-state index in [-0.39, 0.29) is 0 Å². The highest BCUT2D eigenvalue weighted by atomic mass is 15.0. The minimum Gasteiger partial charge on any atom is -0.367 e. The minimum atomic E-state index is 0.616. The lowest BCUT2D eigenvalue weighted by molar-refractivity contribution is 0.444. The van der Waals surface area contributed by atoms with Gasteiger partial charge in [-0.15, -0.1) is 0 Å². The monoisotopic (exact) mass is 200 g/mol. The molecule has 0 bridgehead atoms. The van der Waals surface area contributed by atoms with Gasteiger partial charge in [0.15, 0.2) is 0 Å². The van der Waals surface area contributed by atoms with E-state index >= 15 is 0 Å². The van der Waals surface area contributed by atoms with Crippen LogP contribution in [0, 0.1) is 0 Å². The summed E-state index contributed by atoms with van der Waals surface area (Å²) in [7, 11) is 0.